The van der Waals surface area contributed by atoms with Crippen molar-refractivity contribution in [2.24, 2.45) is 5.92 Å². The molecule has 0 aromatic heterocycles. The lowest BCUT2D eigenvalue weighted by Crippen LogP contribution is -2.25. The van der Waals surface area contributed by atoms with Gasteiger partial charge in [0.25, 0.3) is 0 Å². The van der Waals surface area contributed by atoms with E-state index in [0.29, 0.717) is 24.0 Å². The normalized spacial score (nSPS) is 27.8. The van der Waals surface area contributed by atoms with Gasteiger partial charge in [-0.05, 0) is 56.4 Å². The minimum absolute atomic E-state index is 0.313. The Kier molecular flexibility index (Phi) is 5.10. The van der Waals surface area contributed by atoms with Crippen molar-refractivity contribution >= 4 is 9.84 Å². The van der Waals surface area contributed by atoms with Crippen LogP contribution in [-0.4, -0.2) is 26.5 Å². The van der Waals surface area contributed by atoms with Crippen LogP contribution in [0.3, 0.4) is 0 Å². The van der Waals surface area contributed by atoms with Crippen LogP contribution in [0.2, 0.25) is 0 Å². The van der Waals surface area contributed by atoms with Gasteiger partial charge in [-0.2, -0.15) is 0 Å². The molecule has 1 heterocycles. The third kappa shape index (κ3) is 4.63. The molecule has 2 rings (SSSR count). The van der Waals surface area contributed by atoms with Crippen molar-refractivity contribution in [2.45, 2.75) is 51.4 Å². The van der Waals surface area contributed by atoms with Crippen LogP contribution in [0.25, 0.3) is 0 Å². The van der Waals surface area contributed by atoms with Crippen molar-refractivity contribution in [3.63, 3.8) is 0 Å². The van der Waals surface area contributed by atoms with Gasteiger partial charge in [-0.25, -0.2) is 8.42 Å². The number of allylic oxidation sites excluding steroid dienone is 1. The second kappa shape index (κ2) is 6.60. The molecule has 4 heteroatoms. The molecule has 0 radical (unpaired) electrons. The lowest BCUT2D eigenvalue weighted by atomic mass is 9.96. The van der Waals surface area contributed by atoms with Gasteiger partial charge in [0.1, 0.15) is 0 Å². The van der Waals surface area contributed by atoms with Crippen LogP contribution in [0.4, 0.5) is 0 Å². The quantitative estimate of drug-likeness (QED) is 0.583. The third-order valence-corrected chi connectivity index (χ3v) is 5.84. The fourth-order valence-electron chi connectivity index (χ4n) is 2.88. The van der Waals surface area contributed by atoms with Gasteiger partial charge in [0.15, 0.2) is 9.84 Å². The summed E-state index contributed by atoms with van der Waals surface area (Å²) in [4.78, 5) is 0. The van der Waals surface area contributed by atoms with Crippen molar-refractivity contribution in [1.82, 2.24) is 0 Å². The van der Waals surface area contributed by atoms with E-state index >= 15 is 0 Å². The number of hydrogen-bond acceptors (Lipinski definition) is 3. The Morgan fingerprint density at radius 2 is 1.94 bits per heavy atom. The van der Waals surface area contributed by atoms with Crippen molar-refractivity contribution in [1.29, 1.82) is 0 Å². The van der Waals surface area contributed by atoms with Crippen LogP contribution in [0, 0.1) is 5.92 Å². The first-order valence-electron chi connectivity index (χ1n) is 7.16. The smallest absolute Gasteiger partial charge is 0.150 e. The molecule has 1 aliphatic carbocycles. The van der Waals surface area contributed by atoms with Crippen LogP contribution in [0.15, 0.2) is 11.8 Å². The molecule has 0 aromatic rings. The van der Waals surface area contributed by atoms with E-state index < -0.39 is 9.84 Å². The Bertz CT molecular complexity index is 376. The summed E-state index contributed by atoms with van der Waals surface area (Å²) in [6, 6.07) is 0. The van der Waals surface area contributed by atoms with E-state index in [0.717, 1.165) is 19.3 Å². The monoisotopic (exact) mass is 272 g/mol. The van der Waals surface area contributed by atoms with E-state index in [1.165, 1.54) is 37.7 Å². The average Bonchev–Trinajstić information content (AvgIpc) is 2.35. The molecular formula is C14H24O3S. The molecule has 104 valence electrons. The SMILES string of the molecule is O=S1(=O)CCCC(CCOC=C2CCCCC2)C1. The first-order valence-corrected chi connectivity index (χ1v) is 8.98. The Labute approximate surface area is 111 Å². The highest BCUT2D eigenvalue weighted by Gasteiger charge is 2.24. The molecule has 0 spiro atoms. The van der Waals surface area contributed by atoms with Gasteiger partial charge in [0.2, 0.25) is 0 Å². The van der Waals surface area contributed by atoms with E-state index in [9.17, 15) is 8.42 Å². The molecule has 3 nitrogen and oxygen atoms in total. The highest BCUT2D eigenvalue weighted by atomic mass is 32.2. The van der Waals surface area contributed by atoms with E-state index in [4.69, 9.17) is 4.74 Å². The predicted octanol–water partition coefficient (Wildman–Crippen LogP) is 3.07. The van der Waals surface area contributed by atoms with Crippen LogP contribution >= 0.6 is 0 Å². The van der Waals surface area contributed by atoms with Crippen molar-refractivity contribution in [3.8, 4) is 0 Å². The molecule has 18 heavy (non-hydrogen) atoms. The summed E-state index contributed by atoms with van der Waals surface area (Å²) in [6.45, 7) is 0.670. The molecule has 1 atom stereocenters. The maximum atomic E-state index is 11.5. The average molecular weight is 272 g/mol. The van der Waals surface area contributed by atoms with E-state index in [1.54, 1.807) is 0 Å². The molecule has 1 unspecified atom stereocenters. The fourth-order valence-corrected chi connectivity index (χ4v) is 4.71. The number of ether oxygens (including phenoxy) is 1. The Morgan fingerprint density at radius 1 is 1.17 bits per heavy atom. The first-order chi connectivity index (χ1) is 8.66. The maximum absolute atomic E-state index is 11.5. The van der Waals surface area contributed by atoms with E-state index in [-0.39, 0.29) is 0 Å². The molecule has 0 bridgehead atoms. The molecule has 1 saturated heterocycles. The predicted molar refractivity (Wildman–Crippen MR) is 73.1 cm³/mol. The van der Waals surface area contributed by atoms with Gasteiger partial charge in [0.05, 0.1) is 24.4 Å². The summed E-state index contributed by atoms with van der Waals surface area (Å²) < 4.78 is 28.6. The van der Waals surface area contributed by atoms with Crippen LogP contribution in [0.5, 0.6) is 0 Å². The second-order valence-electron chi connectivity index (χ2n) is 5.62. The molecule has 1 aliphatic heterocycles. The van der Waals surface area contributed by atoms with Gasteiger partial charge in [-0.15, -0.1) is 0 Å². The van der Waals surface area contributed by atoms with Gasteiger partial charge in [-0.3, -0.25) is 0 Å². The Balaban J connectivity index is 1.66. The number of sulfone groups is 1. The Morgan fingerprint density at radius 3 is 2.67 bits per heavy atom. The second-order valence-corrected chi connectivity index (χ2v) is 7.85. The van der Waals surface area contributed by atoms with Crippen LogP contribution in [-0.2, 0) is 14.6 Å². The van der Waals surface area contributed by atoms with Crippen LogP contribution < -0.4 is 0 Å². The summed E-state index contributed by atoms with van der Waals surface area (Å²) >= 11 is 0. The zero-order valence-electron chi connectivity index (χ0n) is 11.1. The summed E-state index contributed by atoms with van der Waals surface area (Å²) in [6.07, 6.45) is 11.0. The molecule has 0 N–H and O–H groups in total. The highest BCUT2D eigenvalue weighted by Crippen LogP contribution is 2.23. The fraction of sp³-hybridized carbons (Fsp3) is 0.857. The highest BCUT2D eigenvalue weighted by molar-refractivity contribution is 7.91. The van der Waals surface area contributed by atoms with Gasteiger partial charge in [0, 0.05) is 0 Å². The lowest BCUT2D eigenvalue weighted by molar-refractivity contribution is 0.217. The minimum atomic E-state index is -2.76. The van der Waals surface area contributed by atoms with Crippen LogP contribution in [0.1, 0.15) is 51.4 Å². The van der Waals surface area contributed by atoms with Gasteiger partial charge < -0.3 is 4.74 Å². The lowest BCUT2D eigenvalue weighted by Gasteiger charge is -2.21. The Hall–Kier alpha value is -0.510. The maximum Gasteiger partial charge on any atom is 0.150 e. The summed E-state index contributed by atoms with van der Waals surface area (Å²) in [5.41, 5.74) is 1.43. The van der Waals surface area contributed by atoms with Crippen molar-refractivity contribution < 1.29 is 13.2 Å². The topological polar surface area (TPSA) is 43.4 Å². The van der Waals surface area contributed by atoms with E-state index in [1.807, 2.05) is 6.26 Å². The van der Waals surface area contributed by atoms with Gasteiger partial charge in [-0.1, -0.05) is 6.42 Å². The largest absolute Gasteiger partial charge is 0.501 e. The molecule has 0 amide bonds. The molecule has 2 aliphatic rings. The number of hydrogen-bond donors (Lipinski definition) is 0. The van der Waals surface area contributed by atoms with E-state index in [2.05, 4.69) is 0 Å². The molecule has 1 saturated carbocycles. The summed E-state index contributed by atoms with van der Waals surface area (Å²) in [5.74, 6) is 1.06. The standard InChI is InChI=1S/C14H24O3S/c15-18(16)10-4-7-14(12-18)8-9-17-11-13-5-2-1-3-6-13/h11,14H,1-10,12H2. The molecule has 0 aromatic carbocycles. The molecule has 2 fully saturated rings. The minimum Gasteiger partial charge on any atom is -0.501 e. The number of rotatable bonds is 4. The van der Waals surface area contributed by atoms with Crippen molar-refractivity contribution in [2.75, 3.05) is 18.1 Å². The molecular weight excluding hydrogens is 248 g/mol. The zero-order chi connectivity index (χ0) is 12.8. The summed E-state index contributed by atoms with van der Waals surface area (Å²) in [7, 11) is -2.76. The first kappa shape index (κ1) is 13.9. The van der Waals surface area contributed by atoms with Crippen molar-refractivity contribution in [3.05, 3.63) is 11.8 Å². The third-order valence-electron chi connectivity index (χ3n) is 3.95. The summed E-state index contributed by atoms with van der Waals surface area (Å²) in [5, 5.41) is 0. The zero-order valence-corrected chi connectivity index (χ0v) is 11.9. The van der Waals surface area contributed by atoms with Gasteiger partial charge >= 0.3 is 0 Å².